The third kappa shape index (κ3) is 3.29. The molecule has 0 bridgehead atoms. The van der Waals surface area contributed by atoms with Crippen LogP contribution in [0.5, 0.6) is 0 Å². The second-order valence-corrected chi connectivity index (χ2v) is 7.77. The standard InChI is InChI=1S/C23H21FN6O/c1-25-9-13-3-5-14(6-4-13)17-10-26-18-8-15(24)7-16-19(31)11-27-22(20(16)18)21(17)23-28-12-29-30(23)2/h3-8,10,12,17,21,25H,9,11H2,1-2H3. The summed E-state index contributed by atoms with van der Waals surface area (Å²) in [7, 11) is 3.74. The van der Waals surface area contributed by atoms with Crippen molar-refractivity contribution in [3.8, 4) is 0 Å². The molecule has 31 heavy (non-hydrogen) atoms. The number of benzene rings is 2. The van der Waals surface area contributed by atoms with E-state index in [-0.39, 0.29) is 24.2 Å². The van der Waals surface area contributed by atoms with Crippen LogP contribution in [0.2, 0.25) is 0 Å². The molecule has 2 atom stereocenters. The van der Waals surface area contributed by atoms with Gasteiger partial charge in [-0.2, -0.15) is 5.10 Å². The Morgan fingerprint density at radius 3 is 2.74 bits per heavy atom. The van der Waals surface area contributed by atoms with E-state index in [1.807, 2.05) is 20.3 Å². The first kappa shape index (κ1) is 19.4. The van der Waals surface area contributed by atoms with E-state index in [9.17, 15) is 9.18 Å². The zero-order chi connectivity index (χ0) is 21.5. The third-order valence-electron chi connectivity index (χ3n) is 5.83. The Bertz CT molecular complexity index is 1230. The van der Waals surface area contributed by atoms with Crippen molar-refractivity contribution in [1.29, 1.82) is 0 Å². The van der Waals surface area contributed by atoms with Crippen LogP contribution in [0.15, 0.2) is 52.7 Å². The smallest absolute Gasteiger partial charge is 0.185 e. The summed E-state index contributed by atoms with van der Waals surface area (Å²) in [6.07, 6.45) is 3.32. The van der Waals surface area contributed by atoms with Crippen LogP contribution in [0.1, 0.15) is 44.7 Å². The quantitative estimate of drug-likeness (QED) is 0.709. The average Bonchev–Trinajstić information content (AvgIpc) is 3.11. The van der Waals surface area contributed by atoms with Crippen LogP contribution >= 0.6 is 0 Å². The highest BCUT2D eigenvalue weighted by molar-refractivity contribution is 6.21. The molecule has 2 aliphatic rings. The monoisotopic (exact) mass is 416 g/mol. The largest absolute Gasteiger partial charge is 0.316 e. The summed E-state index contributed by atoms with van der Waals surface area (Å²) in [5, 5.41) is 7.40. The van der Waals surface area contributed by atoms with Crippen molar-refractivity contribution in [1.82, 2.24) is 20.1 Å². The van der Waals surface area contributed by atoms with Gasteiger partial charge in [-0.15, -0.1) is 0 Å². The highest BCUT2D eigenvalue weighted by atomic mass is 19.1. The van der Waals surface area contributed by atoms with Gasteiger partial charge in [-0.25, -0.2) is 9.37 Å². The molecule has 2 aromatic carbocycles. The topological polar surface area (TPSA) is 84.5 Å². The van der Waals surface area contributed by atoms with E-state index in [2.05, 4.69) is 49.6 Å². The van der Waals surface area contributed by atoms with Gasteiger partial charge in [0.05, 0.1) is 17.3 Å². The normalized spacial score (nSPS) is 19.7. The van der Waals surface area contributed by atoms with Crippen LogP contribution in [-0.4, -0.2) is 46.1 Å². The first-order chi connectivity index (χ1) is 15.1. The molecular formula is C23H21FN6O. The second-order valence-electron chi connectivity index (χ2n) is 7.77. The third-order valence-corrected chi connectivity index (χ3v) is 5.83. The lowest BCUT2D eigenvalue weighted by Crippen LogP contribution is -2.29. The second kappa shape index (κ2) is 7.63. The van der Waals surface area contributed by atoms with Crippen molar-refractivity contribution in [2.45, 2.75) is 18.4 Å². The van der Waals surface area contributed by atoms with Gasteiger partial charge in [0.1, 0.15) is 24.5 Å². The lowest BCUT2D eigenvalue weighted by molar-refractivity contribution is 0.0999. The summed E-state index contributed by atoms with van der Waals surface area (Å²) in [4.78, 5) is 26.3. The average molecular weight is 416 g/mol. The molecule has 156 valence electrons. The molecular weight excluding hydrogens is 395 g/mol. The highest BCUT2D eigenvalue weighted by Crippen LogP contribution is 2.42. The van der Waals surface area contributed by atoms with E-state index < -0.39 is 5.82 Å². The number of hydrogen-bond acceptors (Lipinski definition) is 6. The van der Waals surface area contributed by atoms with E-state index in [4.69, 9.17) is 0 Å². The van der Waals surface area contributed by atoms with Crippen LogP contribution in [0.4, 0.5) is 10.1 Å². The van der Waals surface area contributed by atoms with E-state index in [0.717, 1.165) is 12.1 Å². The molecule has 2 unspecified atom stereocenters. The minimum absolute atomic E-state index is 0.0204. The molecule has 3 aromatic rings. The number of nitrogens with zero attached hydrogens (tertiary/aromatic N) is 5. The maximum atomic E-state index is 14.3. The van der Waals surface area contributed by atoms with Crippen LogP contribution in [-0.2, 0) is 13.6 Å². The number of ketones is 1. The molecule has 0 fully saturated rings. The summed E-state index contributed by atoms with van der Waals surface area (Å²) in [6.45, 7) is 0.752. The lowest BCUT2D eigenvalue weighted by Gasteiger charge is -2.27. The molecule has 5 rings (SSSR count). The summed E-state index contributed by atoms with van der Waals surface area (Å²) >= 11 is 0. The van der Waals surface area contributed by atoms with E-state index >= 15 is 0 Å². The van der Waals surface area contributed by atoms with Crippen molar-refractivity contribution in [3.05, 3.63) is 76.6 Å². The predicted molar refractivity (Wildman–Crippen MR) is 116 cm³/mol. The van der Waals surface area contributed by atoms with E-state index in [1.54, 1.807) is 4.68 Å². The zero-order valence-electron chi connectivity index (χ0n) is 17.2. The Labute approximate surface area is 178 Å². The molecule has 2 aliphatic heterocycles. The number of hydrogen-bond donors (Lipinski definition) is 1. The number of aromatic nitrogens is 3. The van der Waals surface area contributed by atoms with Crippen molar-refractivity contribution < 1.29 is 9.18 Å². The summed E-state index contributed by atoms with van der Waals surface area (Å²) in [5.74, 6) is -0.495. The molecule has 0 aliphatic carbocycles. The zero-order valence-corrected chi connectivity index (χ0v) is 17.2. The molecule has 3 heterocycles. The number of Topliss-reactive ketones (excluding diaryl/α,β-unsaturated/α-hetero) is 1. The number of nitrogens with one attached hydrogen (secondary N) is 1. The van der Waals surface area contributed by atoms with Crippen molar-refractivity contribution in [2.75, 3.05) is 13.6 Å². The van der Waals surface area contributed by atoms with Gasteiger partial charge < -0.3 is 5.32 Å². The maximum absolute atomic E-state index is 14.3. The SMILES string of the molecule is CNCc1ccc(C2C=Nc3cc(F)cc4c3C(=NCC4=O)C2c2ncnn2C)cc1. The fourth-order valence-corrected chi connectivity index (χ4v) is 4.39. The van der Waals surface area contributed by atoms with Crippen molar-refractivity contribution in [2.24, 2.45) is 17.0 Å². The summed E-state index contributed by atoms with van der Waals surface area (Å²) in [6, 6.07) is 10.9. The number of halogens is 1. The molecule has 1 N–H and O–H groups in total. The summed E-state index contributed by atoms with van der Waals surface area (Å²) < 4.78 is 16.0. The van der Waals surface area contributed by atoms with Gasteiger partial charge in [-0.05, 0) is 24.2 Å². The first-order valence-corrected chi connectivity index (χ1v) is 10.1. The van der Waals surface area contributed by atoms with Crippen LogP contribution in [0.3, 0.4) is 0 Å². The lowest BCUT2D eigenvalue weighted by atomic mass is 9.78. The fraction of sp³-hybridized carbons (Fsp3) is 0.261. The molecule has 7 nitrogen and oxygen atoms in total. The Hall–Kier alpha value is -3.52. The van der Waals surface area contributed by atoms with Crippen LogP contribution < -0.4 is 5.32 Å². The van der Waals surface area contributed by atoms with Crippen molar-refractivity contribution >= 4 is 23.4 Å². The number of aliphatic imine (C=N–C) groups is 2. The minimum atomic E-state index is -0.481. The Morgan fingerprint density at radius 2 is 2.03 bits per heavy atom. The molecule has 0 saturated carbocycles. The van der Waals surface area contributed by atoms with Gasteiger partial charge in [0.25, 0.3) is 0 Å². The van der Waals surface area contributed by atoms with Gasteiger partial charge in [0, 0.05) is 42.9 Å². The van der Waals surface area contributed by atoms with Crippen LogP contribution in [0, 0.1) is 5.82 Å². The number of aryl methyl sites for hydroxylation is 1. The van der Waals surface area contributed by atoms with Gasteiger partial charge in [-0.3, -0.25) is 19.5 Å². The molecule has 0 amide bonds. The number of carbonyl (C=O) groups excluding carboxylic acids is 1. The minimum Gasteiger partial charge on any atom is -0.316 e. The van der Waals surface area contributed by atoms with Crippen molar-refractivity contribution in [3.63, 3.8) is 0 Å². The van der Waals surface area contributed by atoms with Gasteiger partial charge in [0.2, 0.25) is 0 Å². The Morgan fingerprint density at radius 1 is 1.23 bits per heavy atom. The Kier molecular flexibility index (Phi) is 4.78. The van der Waals surface area contributed by atoms with Gasteiger partial charge >= 0.3 is 0 Å². The van der Waals surface area contributed by atoms with E-state index in [0.29, 0.717) is 28.4 Å². The number of rotatable bonds is 4. The summed E-state index contributed by atoms with van der Waals surface area (Å²) in [5.41, 5.74) is 4.24. The molecule has 0 saturated heterocycles. The predicted octanol–water partition coefficient (Wildman–Crippen LogP) is 2.94. The Balaban J connectivity index is 1.72. The van der Waals surface area contributed by atoms with Gasteiger partial charge in [-0.1, -0.05) is 24.3 Å². The molecule has 0 radical (unpaired) electrons. The maximum Gasteiger partial charge on any atom is 0.185 e. The van der Waals surface area contributed by atoms with Gasteiger partial charge in [0.15, 0.2) is 5.78 Å². The molecule has 1 aromatic heterocycles. The fourth-order valence-electron chi connectivity index (χ4n) is 4.39. The molecule has 0 spiro atoms. The van der Waals surface area contributed by atoms with Crippen LogP contribution in [0.25, 0.3) is 0 Å². The molecule has 8 heteroatoms. The highest BCUT2D eigenvalue weighted by Gasteiger charge is 2.39. The first-order valence-electron chi connectivity index (χ1n) is 10.1. The number of carbonyl (C=O) groups is 1. The van der Waals surface area contributed by atoms with E-state index in [1.165, 1.54) is 24.0 Å².